The summed E-state index contributed by atoms with van der Waals surface area (Å²) in [6.07, 6.45) is 6.19. The molecule has 2 aromatic rings. The number of nitrogens with zero attached hydrogens (tertiary/aromatic N) is 1. The van der Waals surface area contributed by atoms with Crippen LogP contribution in [0.5, 0.6) is 0 Å². The summed E-state index contributed by atoms with van der Waals surface area (Å²) in [6, 6.07) is 9.17. The van der Waals surface area contributed by atoms with Crippen LogP contribution in [0.15, 0.2) is 47.2 Å². The zero-order valence-electron chi connectivity index (χ0n) is 11.0. The number of aryl methyl sites for hydroxylation is 1. The maximum absolute atomic E-state index is 13.2. The molecule has 0 saturated heterocycles. The van der Waals surface area contributed by atoms with Gasteiger partial charge in [-0.3, -0.25) is 16.3 Å². The molecule has 5 heteroatoms. The Balaban J connectivity index is 1.93. The van der Waals surface area contributed by atoms with E-state index in [1.807, 2.05) is 12.3 Å². The van der Waals surface area contributed by atoms with Crippen LogP contribution < -0.4 is 11.3 Å². The SMILES string of the molecule is NNC(CCc1cccnc1)Cc1ccc(F)c(Br)c1. The second kappa shape index (κ2) is 7.47. The molecule has 0 bridgehead atoms. The van der Waals surface area contributed by atoms with Gasteiger partial charge in [0.2, 0.25) is 0 Å². The normalized spacial score (nSPS) is 12.3. The quantitative estimate of drug-likeness (QED) is 0.629. The number of nitrogens with two attached hydrogens (primary N) is 1. The summed E-state index contributed by atoms with van der Waals surface area (Å²) in [6.45, 7) is 0. The van der Waals surface area contributed by atoms with Gasteiger partial charge in [0.1, 0.15) is 5.82 Å². The third kappa shape index (κ3) is 4.37. The van der Waals surface area contributed by atoms with Gasteiger partial charge in [-0.1, -0.05) is 12.1 Å². The van der Waals surface area contributed by atoms with E-state index in [0.29, 0.717) is 4.47 Å². The second-order valence-electron chi connectivity index (χ2n) is 4.72. The minimum absolute atomic E-state index is 0.146. The highest BCUT2D eigenvalue weighted by Gasteiger charge is 2.09. The highest BCUT2D eigenvalue weighted by Crippen LogP contribution is 2.18. The van der Waals surface area contributed by atoms with Crippen molar-refractivity contribution < 1.29 is 4.39 Å². The monoisotopic (exact) mass is 337 g/mol. The predicted octanol–water partition coefficient (Wildman–Crippen LogP) is 2.99. The number of rotatable bonds is 6. The lowest BCUT2D eigenvalue weighted by Gasteiger charge is -2.16. The molecule has 0 radical (unpaired) electrons. The molecule has 1 aromatic heterocycles. The molecule has 1 heterocycles. The van der Waals surface area contributed by atoms with E-state index in [-0.39, 0.29) is 11.9 Å². The van der Waals surface area contributed by atoms with Gasteiger partial charge >= 0.3 is 0 Å². The molecule has 0 aliphatic heterocycles. The lowest BCUT2D eigenvalue weighted by molar-refractivity contribution is 0.490. The predicted molar refractivity (Wildman–Crippen MR) is 81.5 cm³/mol. The molecule has 20 heavy (non-hydrogen) atoms. The van der Waals surface area contributed by atoms with Crippen LogP contribution in [0.4, 0.5) is 4.39 Å². The smallest absolute Gasteiger partial charge is 0.137 e. The number of hydrogen-bond acceptors (Lipinski definition) is 3. The molecule has 2 rings (SSSR count). The summed E-state index contributed by atoms with van der Waals surface area (Å²) in [5.74, 6) is 5.35. The number of hydrogen-bond donors (Lipinski definition) is 2. The third-order valence-corrected chi connectivity index (χ3v) is 3.81. The van der Waals surface area contributed by atoms with E-state index in [1.165, 1.54) is 11.6 Å². The van der Waals surface area contributed by atoms with Gasteiger partial charge in [-0.15, -0.1) is 0 Å². The largest absolute Gasteiger partial charge is 0.271 e. The van der Waals surface area contributed by atoms with Gasteiger partial charge in [0.25, 0.3) is 0 Å². The first kappa shape index (κ1) is 15.1. The van der Waals surface area contributed by atoms with E-state index >= 15 is 0 Å². The summed E-state index contributed by atoms with van der Waals surface area (Å²) in [7, 11) is 0. The summed E-state index contributed by atoms with van der Waals surface area (Å²) in [5, 5.41) is 0. The van der Waals surface area contributed by atoms with Crippen LogP contribution in [0, 0.1) is 5.82 Å². The van der Waals surface area contributed by atoms with Crippen molar-refractivity contribution in [3.63, 3.8) is 0 Å². The minimum atomic E-state index is -0.249. The van der Waals surface area contributed by atoms with Crippen molar-refractivity contribution in [2.45, 2.75) is 25.3 Å². The second-order valence-corrected chi connectivity index (χ2v) is 5.57. The molecule has 0 spiro atoms. The summed E-state index contributed by atoms with van der Waals surface area (Å²) in [5.41, 5.74) is 5.06. The van der Waals surface area contributed by atoms with Gasteiger partial charge in [0, 0.05) is 18.4 Å². The van der Waals surface area contributed by atoms with Crippen molar-refractivity contribution in [1.82, 2.24) is 10.4 Å². The number of halogens is 2. The molecular formula is C15H17BrFN3. The number of nitrogens with one attached hydrogen (secondary N) is 1. The highest BCUT2D eigenvalue weighted by molar-refractivity contribution is 9.10. The molecule has 3 N–H and O–H groups in total. The van der Waals surface area contributed by atoms with E-state index in [1.54, 1.807) is 18.3 Å². The fourth-order valence-corrected chi connectivity index (χ4v) is 2.51. The minimum Gasteiger partial charge on any atom is -0.271 e. The van der Waals surface area contributed by atoms with Crippen molar-refractivity contribution in [3.8, 4) is 0 Å². The van der Waals surface area contributed by atoms with Crippen molar-refractivity contribution in [2.24, 2.45) is 5.84 Å². The van der Waals surface area contributed by atoms with Gasteiger partial charge in [-0.2, -0.15) is 0 Å². The first-order valence-corrected chi connectivity index (χ1v) is 7.27. The Morgan fingerprint density at radius 1 is 1.30 bits per heavy atom. The summed E-state index contributed by atoms with van der Waals surface area (Å²) in [4.78, 5) is 4.09. The Kier molecular flexibility index (Phi) is 5.64. The van der Waals surface area contributed by atoms with Crippen LogP contribution in [-0.2, 0) is 12.8 Å². The molecule has 0 aliphatic carbocycles. The van der Waals surface area contributed by atoms with Gasteiger partial charge in [0.05, 0.1) is 4.47 Å². The van der Waals surface area contributed by atoms with Gasteiger partial charge < -0.3 is 0 Å². The lowest BCUT2D eigenvalue weighted by atomic mass is 10.0. The molecule has 0 aliphatic rings. The first-order valence-electron chi connectivity index (χ1n) is 6.48. The Labute approximate surface area is 126 Å². The van der Waals surface area contributed by atoms with Crippen molar-refractivity contribution in [2.75, 3.05) is 0 Å². The van der Waals surface area contributed by atoms with E-state index in [0.717, 1.165) is 24.8 Å². The van der Waals surface area contributed by atoms with Crippen LogP contribution in [0.1, 0.15) is 17.5 Å². The average Bonchev–Trinajstić information content (AvgIpc) is 2.48. The first-order chi connectivity index (χ1) is 9.69. The molecule has 106 valence electrons. The van der Waals surface area contributed by atoms with Crippen LogP contribution in [0.2, 0.25) is 0 Å². The molecule has 0 saturated carbocycles. The summed E-state index contributed by atoms with van der Waals surface area (Å²) < 4.78 is 13.7. The van der Waals surface area contributed by atoms with Gasteiger partial charge in [-0.05, 0) is 64.5 Å². The zero-order chi connectivity index (χ0) is 14.4. The Bertz CT molecular complexity index is 548. The van der Waals surface area contributed by atoms with E-state index in [4.69, 9.17) is 5.84 Å². The summed E-state index contributed by atoms with van der Waals surface area (Å²) >= 11 is 3.20. The standard InChI is InChI=1S/C15H17BrFN3/c16-14-9-12(4-6-15(14)17)8-13(20-18)5-3-11-2-1-7-19-10-11/h1-2,4,6-7,9-10,13,20H,3,5,8,18H2. The van der Waals surface area contributed by atoms with Crippen molar-refractivity contribution in [1.29, 1.82) is 0 Å². The average molecular weight is 338 g/mol. The zero-order valence-corrected chi connectivity index (χ0v) is 12.6. The number of benzene rings is 1. The molecule has 0 fully saturated rings. The van der Waals surface area contributed by atoms with E-state index in [9.17, 15) is 4.39 Å². The molecule has 1 aromatic carbocycles. The van der Waals surface area contributed by atoms with E-state index < -0.39 is 0 Å². The molecule has 1 unspecified atom stereocenters. The molecular weight excluding hydrogens is 321 g/mol. The lowest BCUT2D eigenvalue weighted by Crippen LogP contribution is -2.37. The Morgan fingerprint density at radius 2 is 2.15 bits per heavy atom. The van der Waals surface area contributed by atoms with Gasteiger partial charge in [-0.25, -0.2) is 4.39 Å². The van der Waals surface area contributed by atoms with Crippen molar-refractivity contribution >= 4 is 15.9 Å². The fourth-order valence-electron chi connectivity index (χ4n) is 2.08. The molecule has 1 atom stereocenters. The Hall–Kier alpha value is -1.30. The molecule has 0 amide bonds. The maximum Gasteiger partial charge on any atom is 0.137 e. The third-order valence-electron chi connectivity index (χ3n) is 3.21. The van der Waals surface area contributed by atoms with E-state index in [2.05, 4.69) is 32.4 Å². The topological polar surface area (TPSA) is 50.9 Å². The number of aromatic nitrogens is 1. The Morgan fingerprint density at radius 3 is 2.80 bits per heavy atom. The number of pyridine rings is 1. The van der Waals surface area contributed by atoms with Crippen LogP contribution in [-0.4, -0.2) is 11.0 Å². The van der Waals surface area contributed by atoms with Crippen LogP contribution >= 0.6 is 15.9 Å². The number of hydrazine groups is 1. The molecule has 3 nitrogen and oxygen atoms in total. The van der Waals surface area contributed by atoms with Crippen LogP contribution in [0.25, 0.3) is 0 Å². The van der Waals surface area contributed by atoms with Crippen LogP contribution in [0.3, 0.4) is 0 Å². The highest BCUT2D eigenvalue weighted by atomic mass is 79.9. The maximum atomic E-state index is 13.2. The fraction of sp³-hybridized carbons (Fsp3) is 0.267. The van der Waals surface area contributed by atoms with Crippen molar-refractivity contribution in [3.05, 3.63) is 64.1 Å². The van der Waals surface area contributed by atoms with Gasteiger partial charge in [0.15, 0.2) is 0 Å².